The molecule has 8 nitrogen and oxygen atoms in total. The van der Waals surface area contributed by atoms with Crippen LogP contribution in [-0.4, -0.2) is 63.1 Å². The Kier molecular flexibility index (Phi) is 5.67. The molecule has 2 fully saturated rings. The zero-order valence-electron chi connectivity index (χ0n) is 16.2. The van der Waals surface area contributed by atoms with Gasteiger partial charge in [0.2, 0.25) is 26.0 Å². The number of nitrogens with one attached hydrogen (secondary N) is 1. The molecular weight excluding hydrogens is 426 g/mol. The van der Waals surface area contributed by atoms with Gasteiger partial charge in [0.15, 0.2) is 0 Å². The molecule has 4 rings (SSSR count). The van der Waals surface area contributed by atoms with Gasteiger partial charge >= 0.3 is 0 Å². The summed E-state index contributed by atoms with van der Waals surface area (Å²) in [5.41, 5.74) is 0. The Morgan fingerprint density at radius 2 is 1.33 bits per heavy atom. The van der Waals surface area contributed by atoms with Crippen molar-refractivity contribution >= 4 is 26.0 Å². The van der Waals surface area contributed by atoms with E-state index in [4.69, 9.17) is 0 Å². The standard InChI is InChI=1S/C20H23N3O5S2/c24-20(21-16-11-12-16)19-15-22(29(25,26)17-7-3-1-4-8-17)13-14-23(19)30(27,28)18-9-5-2-6-10-18/h1-10,16,19H,11-15H2,(H,21,24)/t19-/m1/s1. The van der Waals surface area contributed by atoms with Crippen molar-refractivity contribution in [3.63, 3.8) is 0 Å². The van der Waals surface area contributed by atoms with E-state index in [1.807, 2.05) is 0 Å². The van der Waals surface area contributed by atoms with Gasteiger partial charge in [-0.3, -0.25) is 4.79 Å². The molecule has 1 aliphatic carbocycles. The van der Waals surface area contributed by atoms with Crippen LogP contribution in [0.15, 0.2) is 70.5 Å². The molecule has 1 atom stereocenters. The molecule has 1 saturated carbocycles. The average Bonchev–Trinajstić information content (AvgIpc) is 3.58. The molecule has 10 heteroatoms. The number of hydrogen-bond donors (Lipinski definition) is 1. The van der Waals surface area contributed by atoms with Crippen LogP contribution in [0.3, 0.4) is 0 Å². The molecule has 1 saturated heterocycles. The lowest BCUT2D eigenvalue weighted by molar-refractivity contribution is -0.126. The largest absolute Gasteiger partial charge is 0.352 e. The number of carbonyl (C=O) groups excluding carboxylic acids is 1. The Labute approximate surface area is 176 Å². The first kappa shape index (κ1) is 21.0. The van der Waals surface area contributed by atoms with E-state index in [1.54, 1.807) is 36.4 Å². The minimum atomic E-state index is -3.95. The van der Waals surface area contributed by atoms with Crippen molar-refractivity contribution in [3.05, 3.63) is 60.7 Å². The summed E-state index contributed by atoms with van der Waals surface area (Å²) in [4.78, 5) is 13.1. The molecule has 0 bridgehead atoms. The summed E-state index contributed by atoms with van der Waals surface area (Å²) in [5.74, 6) is -0.468. The summed E-state index contributed by atoms with van der Waals surface area (Å²) in [6.45, 7) is -0.371. The fourth-order valence-corrected chi connectivity index (χ4v) is 6.51. The third-order valence-corrected chi connectivity index (χ3v) is 9.05. The van der Waals surface area contributed by atoms with Crippen LogP contribution in [0.2, 0.25) is 0 Å². The van der Waals surface area contributed by atoms with Gasteiger partial charge in [-0.1, -0.05) is 36.4 Å². The van der Waals surface area contributed by atoms with Gasteiger partial charge in [0.1, 0.15) is 6.04 Å². The van der Waals surface area contributed by atoms with Crippen molar-refractivity contribution in [1.82, 2.24) is 13.9 Å². The average molecular weight is 450 g/mol. The molecule has 0 unspecified atom stereocenters. The highest BCUT2D eigenvalue weighted by Crippen LogP contribution is 2.26. The molecule has 1 heterocycles. The number of hydrogen-bond acceptors (Lipinski definition) is 5. The fraction of sp³-hybridized carbons (Fsp3) is 0.350. The molecule has 1 amide bonds. The van der Waals surface area contributed by atoms with Crippen LogP contribution < -0.4 is 5.32 Å². The lowest BCUT2D eigenvalue weighted by Gasteiger charge is -2.39. The fourth-order valence-electron chi connectivity index (χ4n) is 3.46. The minimum Gasteiger partial charge on any atom is -0.352 e. The summed E-state index contributed by atoms with van der Waals surface area (Å²) in [6.07, 6.45) is 1.69. The molecule has 1 N–H and O–H groups in total. The smallest absolute Gasteiger partial charge is 0.243 e. The van der Waals surface area contributed by atoms with Crippen LogP contribution in [0.25, 0.3) is 0 Å². The van der Waals surface area contributed by atoms with Crippen LogP contribution in [0.1, 0.15) is 12.8 Å². The maximum atomic E-state index is 13.2. The molecule has 2 aromatic rings. The van der Waals surface area contributed by atoms with Gasteiger partial charge in [0.25, 0.3) is 0 Å². The lowest BCUT2D eigenvalue weighted by Crippen LogP contribution is -2.61. The number of rotatable bonds is 6. The molecule has 0 aromatic heterocycles. The second-order valence-corrected chi connectivity index (χ2v) is 11.2. The van der Waals surface area contributed by atoms with Crippen LogP contribution in [0, 0.1) is 0 Å². The van der Waals surface area contributed by atoms with Crippen molar-refractivity contribution in [2.24, 2.45) is 0 Å². The van der Waals surface area contributed by atoms with E-state index in [0.29, 0.717) is 0 Å². The third kappa shape index (κ3) is 4.13. The third-order valence-electron chi connectivity index (χ3n) is 5.25. The zero-order valence-corrected chi connectivity index (χ0v) is 17.8. The number of nitrogens with zero attached hydrogens (tertiary/aromatic N) is 2. The Morgan fingerprint density at radius 1 is 0.800 bits per heavy atom. The van der Waals surface area contributed by atoms with Gasteiger partial charge in [-0.2, -0.15) is 8.61 Å². The molecule has 0 radical (unpaired) electrons. The van der Waals surface area contributed by atoms with Crippen LogP contribution in [-0.2, 0) is 24.8 Å². The first-order valence-electron chi connectivity index (χ1n) is 9.72. The summed E-state index contributed by atoms with van der Waals surface area (Å²) in [7, 11) is -7.80. The van der Waals surface area contributed by atoms with E-state index in [-0.39, 0.29) is 35.5 Å². The van der Waals surface area contributed by atoms with Gasteiger partial charge in [-0.25, -0.2) is 16.8 Å². The van der Waals surface area contributed by atoms with Crippen molar-refractivity contribution in [3.8, 4) is 0 Å². The molecule has 160 valence electrons. The number of amides is 1. The highest BCUT2D eigenvalue weighted by molar-refractivity contribution is 7.89. The molecule has 30 heavy (non-hydrogen) atoms. The van der Waals surface area contributed by atoms with E-state index < -0.39 is 32.0 Å². The zero-order chi connectivity index (χ0) is 21.4. The highest BCUT2D eigenvalue weighted by atomic mass is 32.2. The second kappa shape index (κ2) is 8.10. The van der Waals surface area contributed by atoms with E-state index in [1.165, 1.54) is 28.6 Å². The Balaban J connectivity index is 1.65. The van der Waals surface area contributed by atoms with E-state index in [0.717, 1.165) is 17.1 Å². The van der Waals surface area contributed by atoms with Gasteiger partial charge in [0.05, 0.1) is 9.79 Å². The first-order chi connectivity index (χ1) is 14.3. The summed E-state index contributed by atoms with van der Waals surface area (Å²) in [6, 6.07) is 14.7. The molecule has 2 aromatic carbocycles. The van der Waals surface area contributed by atoms with E-state index in [9.17, 15) is 21.6 Å². The van der Waals surface area contributed by atoms with E-state index in [2.05, 4.69) is 5.32 Å². The Hall–Kier alpha value is -2.27. The molecule has 1 aliphatic heterocycles. The SMILES string of the molecule is O=C(NC1CC1)[C@H]1CN(S(=O)(=O)c2ccccc2)CCN1S(=O)(=O)c1ccccc1. The second-order valence-electron chi connectivity index (χ2n) is 7.40. The maximum Gasteiger partial charge on any atom is 0.243 e. The van der Waals surface area contributed by atoms with Gasteiger partial charge in [0, 0.05) is 25.7 Å². The van der Waals surface area contributed by atoms with Crippen LogP contribution in [0.5, 0.6) is 0 Å². The summed E-state index contributed by atoms with van der Waals surface area (Å²) < 4.78 is 54.8. The highest BCUT2D eigenvalue weighted by Gasteiger charge is 2.44. The Bertz CT molecular complexity index is 1120. The van der Waals surface area contributed by atoms with Crippen molar-refractivity contribution in [1.29, 1.82) is 0 Å². The van der Waals surface area contributed by atoms with Crippen molar-refractivity contribution in [2.75, 3.05) is 19.6 Å². The van der Waals surface area contributed by atoms with Gasteiger partial charge < -0.3 is 5.32 Å². The Morgan fingerprint density at radius 3 is 1.87 bits per heavy atom. The molecular formula is C20H23N3O5S2. The van der Waals surface area contributed by atoms with Gasteiger partial charge in [-0.05, 0) is 37.1 Å². The van der Waals surface area contributed by atoms with E-state index >= 15 is 0 Å². The van der Waals surface area contributed by atoms with Gasteiger partial charge in [-0.15, -0.1) is 0 Å². The first-order valence-corrected chi connectivity index (χ1v) is 12.6. The molecule has 0 spiro atoms. The predicted octanol–water partition coefficient (Wildman–Crippen LogP) is 1.03. The summed E-state index contributed by atoms with van der Waals surface area (Å²) in [5, 5.41) is 2.82. The van der Waals surface area contributed by atoms with Crippen LogP contribution in [0.4, 0.5) is 0 Å². The number of piperazine rings is 1. The molecule has 2 aliphatic rings. The van der Waals surface area contributed by atoms with Crippen LogP contribution >= 0.6 is 0 Å². The lowest BCUT2D eigenvalue weighted by atomic mass is 10.2. The number of carbonyl (C=O) groups is 1. The number of sulfonamides is 2. The van der Waals surface area contributed by atoms with Crippen molar-refractivity contribution in [2.45, 2.75) is 34.7 Å². The monoisotopic (exact) mass is 449 g/mol. The number of benzene rings is 2. The minimum absolute atomic E-state index is 0.0277. The maximum absolute atomic E-state index is 13.2. The predicted molar refractivity (Wildman–Crippen MR) is 110 cm³/mol. The van der Waals surface area contributed by atoms with Crippen molar-refractivity contribution < 1.29 is 21.6 Å². The topological polar surface area (TPSA) is 104 Å². The normalized spacial score (nSPS) is 21.3. The quantitative estimate of drug-likeness (QED) is 0.709. The summed E-state index contributed by atoms with van der Waals surface area (Å²) >= 11 is 0.